The van der Waals surface area contributed by atoms with E-state index in [2.05, 4.69) is 25.6 Å². The number of aromatic amines is 1. The van der Waals surface area contributed by atoms with Gasteiger partial charge in [0.15, 0.2) is 5.65 Å². The Hall–Kier alpha value is -4.64. The highest BCUT2D eigenvalue weighted by atomic mass is 35.5. The van der Waals surface area contributed by atoms with Crippen molar-refractivity contribution in [3.05, 3.63) is 87.7 Å². The van der Waals surface area contributed by atoms with Gasteiger partial charge >= 0.3 is 0 Å². The van der Waals surface area contributed by atoms with E-state index in [1.54, 1.807) is 55.3 Å². The van der Waals surface area contributed by atoms with Crippen molar-refractivity contribution in [2.45, 2.75) is 13.1 Å². The first-order chi connectivity index (χ1) is 18.5. The number of hydrogen-bond acceptors (Lipinski definition) is 7. The molecule has 38 heavy (non-hydrogen) atoms. The number of halogens is 1. The van der Waals surface area contributed by atoms with Gasteiger partial charge in [-0.05, 0) is 42.0 Å². The van der Waals surface area contributed by atoms with Gasteiger partial charge < -0.3 is 14.8 Å². The van der Waals surface area contributed by atoms with Crippen LogP contribution in [0.5, 0.6) is 11.5 Å². The smallest absolute Gasteiger partial charge is 0.269 e. The number of carbonyl (C=O) groups is 1. The van der Waals surface area contributed by atoms with Crippen LogP contribution in [0.25, 0.3) is 22.3 Å². The molecule has 1 amide bonds. The van der Waals surface area contributed by atoms with Crippen molar-refractivity contribution in [3.63, 3.8) is 0 Å². The van der Waals surface area contributed by atoms with Gasteiger partial charge in [-0.3, -0.25) is 19.3 Å². The zero-order valence-corrected chi connectivity index (χ0v) is 21.4. The normalized spacial score (nSPS) is 11.0. The number of fused-ring (bicyclic) bond motifs is 1. The van der Waals surface area contributed by atoms with Crippen molar-refractivity contribution in [2.24, 2.45) is 0 Å². The second-order valence-electron chi connectivity index (χ2n) is 8.40. The molecule has 0 bridgehead atoms. The van der Waals surface area contributed by atoms with Crippen LogP contribution in [0.2, 0.25) is 5.02 Å². The van der Waals surface area contributed by atoms with E-state index in [-0.39, 0.29) is 18.0 Å². The summed E-state index contributed by atoms with van der Waals surface area (Å²) in [5.74, 6) is 0.918. The van der Waals surface area contributed by atoms with E-state index in [4.69, 9.17) is 21.1 Å². The Morgan fingerprint density at radius 3 is 2.68 bits per heavy atom. The van der Waals surface area contributed by atoms with Crippen LogP contribution in [0.15, 0.2) is 65.8 Å². The van der Waals surface area contributed by atoms with Gasteiger partial charge in [-0.1, -0.05) is 23.7 Å². The third kappa shape index (κ3) is 5.09. The number of amides is 1. The Morgan fingerprint density at radius 1 is 1.11 bits per heavy atom. The monoisotopic (exact) mass is 533 g/mol. The van der Waals surface area contributed by atoms with Gasteiger partial charge in [0.2, 0.25) is 0 Å². The maximum atomic E-state index is 12.9. The summed E-state index contributed by atoms with van der Waals surface area (Å²) in [6, 6.07) is 14.3. The summed E-state index contributed by atoms with van der Waals surface area (Å²) < 4.78 is 13.8. The van der Waals surface area contributed by atoms with Gasteiger partial charge in [-0.15, -0.1) is 0 Å². The quantitative estimate of drug-likeness (QED) is 0.298. The highest BCUT2D eigenvalue weighted by molar-refractivity contribution is 6.30. The first-order valence-electron chi connectivity index (χ1n) is 11.7. The van der Waals surface area contributed by atoms with Gasteiger partial charge in [0, 0.05) is 17.1 Å². The number of methoxy groups -OCH3 is 2. The SMILES string of the molecule is COc1ccc(OC)c(-c2cc(C(=O)NCCn3ncc4c(=O)n(Cc5ccc(Cl)cc5)cnc43)[nH]n2)c1. The minimum absolute atomic E-state index is 0.196. The third-order valence-corrected chi connectivity index (χ3v) is 6.25. The molecule has 0 atom stereocenters. The Morgan fingerprint density at radius 2 is 1.92 bits per heavy atom. The van der Waals surface area contributed by atoms with Crippen LogP contribution in [0, 0.1) is 0 Å². The number of nitrogens with one attached hydrogen (secondary N) is 2. The third-order valence-electron chi connectivity index (χ3n) is 6.00. The van der Waals surface area contributed by atoms with Gasteiger partial charge in [0.05, 0.1) is 39.2 Å². The molecule has 2 N–H and O–H groups in total. The van der Waals surface area contributed by atoms with Crippen LogP contribution in [0.1, 0.15) is 16.1 Å². The number of rotatable bonds is 9. The van der Waals surface area contributed by atoms with Crippen molar-refractivity contribution in [2.75, 3.05) is 20.8 Å². The largest absolute Gasteiger partial charge is 0.497 e. The first kappa shape index (κ1) is 25.0. The van der Waals surface area contributed by atoms with E-state index in [9.17, 15) is 9.59 Å². The predicted octanol–water partition coefficient (Wildman–Crippen LogP) is 3.13. The molecule has 11 nitrogen and oxygen atoms in total. The van der Waals surface area contributed by atoms with Crippen LogP contribution in [-0.2, 0) is 13.1 Å². The Labute approximate surface area is 222 Å². The number of nitrogens with zero attached hydrogens (tertiary/aromatic N) is 5. The Bertz CT molecular complexity index is 1660. The molecule has 12 heteroatoms. The summed E-state index contributed by atoms with van der Waals surface area (Å²) in [5, 5.41) is 15.2. The van der Waals surface area contributed by atoms with Crippen molar-refractivity contribution < 1.29 is 14.3 Å². The van der Waals surface area contributed by atoms with E-state index in [1.807, 2.05) is 12.1 Å². The number of hydrogen-bond donors (Lipinski definition) is 2. The van der Waals surface area contributed by atoms with Crippen LogP contribution < -0.4 is 20.3 Å². The molecule has 0 spiro atoms. The fourth-order valence-electron chi connectivity index (χ4n) is 4.02. The van der Waals surface area contributed by atoms with Gasteiger partial charge in [0.1, 0.15) is 28.9 Å². The van der Waals surface area contributed by atoms with E-state index in [0.29, 0.717) is 57.6 Å². The molecule has 0 saturated carbocycles. The fourth-order valence-corrected chi connectivity index (χ4v) is 4.15. The molecule has 2 aromatic carbocycles. The number of aromatic nitrogens is 6. The van der Waals surface area contributed by atoms with Crippen LogP contribution in [0.4, 0.5) is 0 Å². The van der Waals surface area contributed by atoms with Crippen LogP contribution in [0.3, 0.4) is 0 Å². The zero-order valence-electron chi connectivity index (χ0n) is 20.6. The highest BCUT2D eigenvalue weighted by Crippen LogP contribution is 2.32. The zero-order chi connectivity index (χ0) is 26.6. The molecule has 0 aliphatic rings. The lowest BCUT2D eigenvalue weighted by molar-refractivity contribution is 0.0947. The molecular weight excluding hydrogens is 510 g/mol. The molecule has 0 radical (unpaired) electrons. The number of H-pyrrole nitrogens is 1. The van der Waals surface area contributed by atoms with Crippen molar-refractivity contribution in [1.82, 2.24) is 34.8 Å². The molecule has 5 aromatic rings. The van der Waals surface area contributed by atoms with Crippen LogP contribution >= 0.6 is 11.6 Å². The number of ether oxygens (including phenoxy) is 2. The van der Waals surface area contributed by atoms with Crippen molar-refractivity contribution >= 4 is 28.5 Å². The summed E-state index contributed by atoms with van der Waals surface area (Å²) in [4.78, 5) is 30.1. The average molecular weight is 534 g/mol. The van der Waals surface area contributed by atoms with Crippen molar-refractivity contribution in [3.8, 4) is 22.8 Å². The molecule has 5 rings (SSSR count). The first-order valence-corrected chi connectivity index (χ1v) is 12.1. The van der Waals surface area contributed by atoms with Gasteiger partial charge in [0.25, 0.3) is 11.5 Å². The Kier molecular flexibility index (Phi) is 7.09. The van der Waals surface area contributed by atoms with E-state index in [0.717, 1.165) is 5.56 Å². The minimum Gasteiger partial charge on any atom is -0.497 e. The molecule has 194 valence electrons. The highest BCUT2D eigenvalue weighted by Gasteiger charge is 2.16. The lowest BCUT2D eigenvalue weighted by Crippen LogP contribution is -2.28. The van der Waals surface area contributed by atoms with Crippen molar-refractivity contribution in [1.29, 1.82) is 0 Å². The lowest BCUT2D eigenvalue weighted by Gasteiger charge is -2.08. The maximum absolute atomic E-state index is 12.9. The van der Waals surface area contributed by atoms with E-state index < -0.39 is 0 Å². The minimum atomic E-state index is -0.333. The van der Waals surface area contributed by atoms with E-state index >= 15 is 0 Å². The lowest BCUT2D eigenvalue weighted by atomic mass is 10.1. The molecule has 3 heterocycles. The van der Waals surface area contributed by atoms with Crippen LogP contribution in [-0.4, -0.2) is 56.2 Å². The number of benzene rings is 2. The standard InChI is InChI=1S/C26H24ClN7O4/c1-37-18-7-8-23(38-2)19(11-18)21-12-22(32-31-21)25(35)28-9-10-34-24-20(13-30-34)26(36)33(15-29-24)14-16-3-5-17(27)6-4-16/h3-8,11-13,15H,9-10,14H2,1-2H3,(H,28,35)(H,31,32). The summed E-state index contributed by atoms with van der Waals surface area (Å²) >= 11 is 5.94. The molecule has 0 unspecified atom stereocenters. The summed E-state index contributed by atoms with van der Waals surface area (Å²) in [5.41, 5.74) is 2.71. The second kappa shape index (κ2) is 10.8. The summed E-state index contributed by atoms with van der Waals surface area (Å²) in [7, 11) is 3.14. The Balaban J connectivity index is 1.24. The average Bonchev–Trinajstić information content (AvgIpc) is 3.59. The number of carbonyl (C=O) groups excluding carboxylic acids is 1. The molecule has 0 saturated heterocycles. The molecule has 0 aliphatic carbocycles. The molecular formula is C26H24ClN7O4. The second-order valence-corrected chi connectivity index (χ2v) is 8.83. The van der Waals surface area contributed by atoms with E-state index in [1.165, 1.54) is 17.1 Å². The fraction of sp³-hybridized carbons (Fsp3) is 0.192. The summed E-state index contributed by atoms with van der Waals surface area (Å²) in [6.07, 6.45) is 2.99. The van der Waals surface area contributed by atoms with Gasteiger partial charge in [-0.25, -0.2) is 9.67 Å². The predicted molar refractivity (Wildman–Crippen MR) is 142 cm³/mol. The molecule has 3 aromatic heterocycles. The van der Waals surface area contributed by atoms with Gasteiger partial charge in [-0.2, -0.15) is 10.2 Å². The topological polar surface area (TPSA) is 129 Å². The maximum Gasteiger partial charge on any atom is 0.269 e. The summed E-state index contributed by atoms with van der Waals surface area (Å²) in [6.45, 7) is 0.962. The molecule has 0 fully saturated rings. The molecule has 0 aliphatic heterocycles.